The molecule has 35 heavy (non-hydrogen) atoms. The van der Waals surface area contributed by atoms with Crippen LogP contribution < -0.4 is 5.32 Å². The van der Waals surface area contributed by atoms with Gasteiger partial charge < -0.3 is 14.7 Å². The summed E-state index contributed by atoms with van der Waals surface area (Å²) in [5.74, 6) is 0.668. The van der Waals surface area contributed by atoms with Gasteiger partial charge in [0.2, 0.25) is 17.6 Å². The highest BCUT2D eigenvalue weighted by Crippen LogP contribution is 2.17. The summed E-state index contributed by atoms with van der Waals surface area (Å²) in [5, 5.41) is 6.94. The van der Waals surface area contributed by atoms with Crippen LogP contribution in [0, 0.1) is 5.82 Å². The summed E-state index contributed by atoms with van der Waals surface area (Å²) in [4.78, 5) is 21.5. The SMILES string of the molecule is O=C(CCCc1nc(-c2ccc(F)cc2)no1)NCCCCN1CCN(Cc2ccccc2)CC1. The van der Waals surface area contributed by atoms with E-state index in [1.165, 1.54) is 17.7 Å². The van der Waals surface area contributed by atoms with Gasteiger partial charge in [-0.2, -0.15) is 4.98 Å². The molecule has 0 radical (unpaired) electrons. The first-order chi connectivity index (χ1) is 17.2. The number of halogens is 1. The lowest BCUT2D eigenvalue weighted by atomic mass is 10.2. The van der Waals surface area contributed by atoms with Crippen LogP contribution >= 0.6 is 0 Å². The number of carbonyl (C=O) groups is 1. The van der Waals surface area contributed by atoms with Crippen LogP contribution in [0.1, 0.15) is 37.1 Å². The van der Waals surface area contributed by atoms with Crippen molar-refractivity contribution < 1.29 is 13.7 Å². The molecule has 2 aromatic carbocycles. The lowest BCUT2D eigenvalue weighted by Gasteiger charge is -2.34. The van der Waals surface area contributed by atoms with Gasteiger partial charge in [0.25, 0.3) is 0 Å². The van der Waals surface area contributed by atoms with Gasteiger partial charge in [0.15, 0.2) is 0 Å². The molecule has 2 heterocycles. The van der Waals surface area contributed by atoms with Gasteiger partial charge in [-0.1, -0.05) is 35.5 Å². The molecule has 1 aromatic heterocycles. The summed E-state index contributed by atoms with van der Waals surface area (Å²) in [6.07, 6.45) is 3.69. The van der Waals surface area contributed by atoms with Crippen molar-refractivity contribution in [2.75, 3.05) is 39.3 Å². The molecular formula is C27H34FN5O2. The van der Waals surface area contributed by atoms with Crippen LogP contribution in [0.3, 0.4) is 0 Å². The Morgan fingerprint density at radius 1 is 0.943 bits per heavy atom. The number of hydrogen-bond acceptors (Lipinski definition) is 6. The fourth-order valence-electron chi connectivity index (χ4n) is 4.26. The Kier molecular flexibility index (Phi) is 9.37. The fraction of sp³-hybridized carbons (Fsp3) is 0.444. The van der Waals surface area contributed by atoms with Crippen molar-refractivity contribution in [2.24, 2.45) is 0 Å². The van der Waals surface area contributed by atoms with Crippen molar-refractivity contribution in [1.29, 1.82) is 0 Å². The van der Waals surface area contributed by atoms with Crippen molar-refractivity contribution in [3.63, 3.8) is 0 Å². The Morgan fingerprint density at radius 2 is 1.69 bits per heavy atom. The van der Waals surface area contributed by atoms with Crippen molar-refractivity contribution in [1.82, 2.24) is 25.3 Å². The zero-order chi connectivity index (χ0) is 24.3. The number of benzene rings is 2. The van der Waals surface area contributed by atoms with Gasteiger partial charge in [-0.3, -0.25) is 9.69 Å². The van der Waals surface area contributed by atoms with Gasteiger partial charge in [0.05, 0.1) is 0 Å². The minimum absolute atomic E-state index is 0.0535. The maximum atomic E-state index is 13.0. The zero-order valence-electron chi connectivity index (χ0n) is 20.2. The number of unbranched alkanes of at least 4 members (excludes halogenated alkanes) is 1. The third kappa shape index (κ3) is 8.26. The molecule has 7 nitrogen and oxygen atoms in total. The Hall–Kier alpha value is -3.10. The Morgan fingerprint density at radius 3 is 2.46 bits per heavy atom. The van der Waals surface area contributed by atoms with Crippen LogP contribution in [0.4, 0.5) is 4.39 Å². The predicted octanol–water partition coefficient (Wildman–Crippen LogP) is 3.91. The molecule has 3 aromatic rings. The number of amides is 1. The third-order valence-corrected chi connectivity index (χ3v) is 6.30. The van der Waals surface area contributed by atoms with E-state index in [1.807, 2.05) is 0 Å². The Bertz CT molecular complexity index is 1030. The molecule has 1 aliphatic rings. The molecule has 0 bridgehead atoms. The molecule has 186 valence electrons. The summed E-state index contributed by atoms with van der Waals surface area (Å²) in [6, 6.07) is 16.6. The van der Waals surface area contributed by atoms with E-state index in [4.69, 9.17) is 4.52 Å². The molecule has 1 N–H and O–H groups in total. The summed E-state index contributed by atoms with van der Waals surface area (Å²) in [7, 11) is 0. The number of aryl methyl sites for hydroxylation is 1. The largest absolute Gasteiger partial charge is 0.356 e. The van der Waals surface area contributed by atoms with Crippen molar-refractivity contribution in [3.05, 3.63) is 71.9 Å². The van der Waals surface area contributed by atoms with Crippen LogP contribution in [0.15, 0.2) is 59.1 Å². The maximum Gasteiger partial charge on any atom is 0.226 e. The number of piperazine rings is 1. The average Bonchev–Trinajstić information content (AvgIpc) is 3.35. The molecule has 0 aliphatic carbocycles. The van der Waals surface area contributed by atoms with Gasteiger partial charge in [0, 0.05) is 57.7 Å². The smallest absolute Gasteiger partial charge is 0.226 e. The maximum absolute atomic E-state index is 13.0. The van der Waals surface area contributed by atoms with E-state index in [0.29, 0.717) is 43.1 Å². The van der Waals surface area contributed by atoms with Gasteiger partial charge in [-0.05, 0) is 55.6 Å². The molecule has 0 atom stereocenters. The lowest BCUT2D eigenvalue weighted by Crippen LogP contribution is -2.46. The standard InChI is InChI=1S/C27H34FN5O2/c28-24-13-11-23(12-14-24)27-30-26(35-31-27)10-6-9-25(34)29-15-4-5-16-32-17-19-33(20-18-32)21-22-7-2-1-3-8-22/h1-3,7-8,11-14H,4-6,9-10,15-21H2,(H,29,34). The molecule has 0 unspecified atom stereocenters. The molecule has 1 aliphatic heterocycles. The number of rotatable bonds is 12. The van der Waals surface area contributed by atoms with E-state index < -0.39 is 0 Å². The summed E-state index contributed by atoms with van der Waals surface area (Å²) >= 11 is 0. The van der Waals surface area contributed by atoms with Crippen molar-refractivity contribution in [2.45, 2.75) is 38.6 Å². The second kappa shape index (κ2) is 13.1. The first-order valence-corrected chi connectivity index (χ1v) is 12.5. The van der Waals surface area contributed by atoms with E-state index in [1.54, 1.807) is 12.1 Å². The quantitative estimate of drug-likeness (QED) is 0.397. The van der Waals surface area contributed by atoms with Crippen LogP contribution in [0.5, 0.6) is 0 Å². The second-order valence-electron chi connectivity index (χ2n) is 9.03. The third-order valence-electron chi connectivity index (χ3n) is 6.30. The highest BCUT2D eigenvalue weighted by molar-refractivity contribution is 5.75. The molecular weight excluding hydrogens is 445 g/mol. The van der Waals surface area contributed by atoms with E-state index in [-0.39, 0.29) is 11.7 Å². The summed E-state index contributed by atoms with van der Waals surface area (Å²) in [5.41, 5.74) is 2.08. The number of carbonyl (C=O) groups excluding carboxylic acids is 1. The molecule has 0 spiro atoms. The van der Waals surface area contributed by atoms with E-state index in [9.17, 15) is 9.18 Å². The Balaban J connectivity index is 1.02. The Labute approximate surface area is 206 Å². The molecule has 1 fully saturated rings. The van der Waals surface area contributed by atoms with Gasteiger partial charge >= 0.3 is 0 Å². The van der Waals surface area contributed by atoms with Crippen LogP contribution in [-0.2, 0) is 17.8 Å². The van der Waals surface area contributed by atoms with E-state index in [0.717, 1.165) is 52.1 Å². The van der Waals surface area contributed by atoms with Gasteiger partial charge in [-0.25, -0.2) is 4.39 Å². The molecule has 1 amide bonds. The van der Waals surface area contributed by atoms with E-state index in [2.05, 4.69) is 55.6 Å². The zero-order valence-corrected chi connectivity index (χ0v) is 20.2. The molecule has 4 rings (SSSR count). The summed E-state index contributed by atoms with van der Waals surface area (Å²) in [6.45, 7) is 7.26. The lowest BCUT2D eigenvalue weighted by molar-refractivity contribution is -0.121. The number of hydrogen-bond donors (Lipinski definition) is 1. The molecule has 8 heteroatoms. The van der Waals surface area contributed by atoms with Gasteiger partial charge in [0.1, 0.15) is 5.82 Å². The predicted molar refractivity (Wildman–Crippen MR) is 133 cm³/mol. The van der Waals surface area contributed by atoms with Crippen LogP contribution in [-0.4, -0.2) is 65.1 Å². The second-order valence-corrected chi connectivity index (χ2v) is 9.03. The molecule has 0 saturated carbocycles. The highest BCUT2D eigenvalue weighted by atomic mass is 19.1. The van der Waals surface area contributed by atoms with Crippen molar-refractivity contribution in [3.8, 4) is 11.4 Å². The van der Waals surface area contributed by atoms with E-state index >= 15 is 0 Å². The van der Waals surface area contributed by atoms with Crippen LogP contribution in [0.25, 0.3) is 11.4 Å². The van der Waals surface area contributed by atoms with Crippen LogP contribution in [0.2, 0.25) is 0 Å². The average molecular weight is 480 g/mol. The topological polar surface area (TPSA) is 74.5 Å². The normalized spacial score (nSPS) is 14.8. The monoisotopic (exact) mass is 479 g/mol. The first kappa shape index (κ1) is 25.0. The molecule has 1 saturated heterocycles. The minimum atomic E-state index is -0.305. The number of nitrogens with zero attached hydrogens (tertiary/aromatic N) is 4. The van der Waals surface area contributed by atoms with Crippen molar-refractivity contribution >= 4 is 5.91 Å². The number of nitrogens with one attached hydrogen (secondary N) is 1. The van der Waals surface area contributed by atoms with Gasteiger partial charge in [-0.15, -0.1) is 0 Å². The first-order valence-electron chi connectivity index (χ1n) is 12.5. The summed E-state index contributed by atoms with van der Waals surface area (Å²) < 4.78 is 18.3. The minimum Gasteiger partial charge on any atom is -0.356 e. The number of aromatic nitrogens is 2. The highest BCUT2D eigenvalue weighted by Gasteiger charge is 2.16. The fourth-order valence-corrected chi connectivity index (χ4v) is 4.26.